The number of hydrogen-bond acceptors (Lipinski definition) is 0. The van der Waals surface area contributed by atoms with E-state index in [1.165, 1.54) is 38.9 Å². The van der Waals surface area contributed by atoms with Crippen LogP contribution in [0.4, 0.5) is 0 Å². The Balaban J connectivity index is 1.85. The first-order valence-electron chi connectivity index (χ1n) is 13.5. The van der Waals surface area contributed by atoms with E-state index in [0.29, 0.717) is 17.8 Å². The Morgan fingerprint density at radius 2 is 1.35 bits per heavy atom. The van der Waals surface area contributed by atoms with Crippen LogP contribution >= 0.6 is 0 Å². The summed E-state index contributed by atoms with van der Waals surface area (Å²) in [5, 5.41) is 0. The van der Waals surface area contributed by atoms with E-state index in [0.717, 1.165) is 11.4 Å². The van der Waals surface area contributed by atoms with Crippen LogP contribution in [0.15, 0.2) is 79.6 Å². The summed E-state index contributed by atoms with van der Waals surface area (Å²) in [5.41, 5.74) is 11.7. The van der Waals surface area contributed by atoms with Gasteiger partial charge >= 0.3 is 0 Å². The number of para-hydroxylation sites is 2. The number of aryl methyl sites for hydroxylation is 2. The summed E-state index contributed by atoms with van der Waals surface area (Å²) < 4.78 is 8.82. The maximum atomic E-state index is 2.45. The fourth-order valence-electron chi connectivity index (χ4n) is 5.39. The van der Waals surface area contributed by atoms with E-state index < -0.39 is 0 Å². The van der Waals surface area contributed by atoms with Crippen LogP contribution in [0.5, 0.6) is 0 Å². The van der Waals surface area contributed by atoms with Crippen LogP contribution in [-0.4, -0.2) is 9.13 Å². The summed E-state index contributed by atoms with van der Waals surface area (Å²) in [6.45, 7) is 13.9. The minimum Gasteiger partial charge on any atom is -0.239 e. The van der Waals surface area contributed by atoms with E-state index >= 15 is 0 Å². The van der Waals surface area contributed by atoms with Crippen LogP contribution in [-0.2, 0) is 14.1 Å². The van der Waals surface area contributed by atoms with Crippen LogP contribution in [0.2, 0.25) is 0 Å². The molecule has 5 rings (SSSR count). The first-order chi connectivity index (χ1) is 17.6. The zero-order valence-electron chi connectivity index (χ0n) is 23.5. The highest BCUT2D eigenvalue weighted by Crippen LogP contribution is 2.40. The average molecular weight is 493 g/mol. The molecule has 3 aromatic carbocycles. The van der Waals surface area contributed by atoms with Crippen LogP contribution < -0.4 is 9.13 Å². The zero-order chi connectivity index (χ0) is 26.4. The number of rotatable bonds is 6. The predicted molar refractivity (Wildman–Crippen MR) is 153 cm³/mol. The largest absolute Gasteiger partial charge is 0.249 e. The van der Waals surface area contributed by atoms with Crippen molar-refractivity contribution in [2.45, 2.75) is 59.3 Å². The smallest absolute Gasteiger partial charge is 0.239 e. The van der Waals surface area contributed by atoms with Crippen molar-refractivity contribution < 1.29 is 9.13 Å². The molecular weight excluding hydrogens is 452 g/mol. The molecule has 0 aliphatic heterocycles. The van der Waals surface area contributed by atoms with E-state index in [2.05, 4.69) is 154 Å². The first-order valence-corrected chi connectivity index (χ1v) is 13.5. The van der Waals surface area contributed by atoms with Gasteiger partial charge in [-0.2, -0.15) is 4.57 Å². The lowest BCUT2D eigenvalue weighted by atomic mass is 9.81. The Hall–Kier alpha value is -3.66. The Morgan fingerprint density at radius 1 is 0.703 bits per heavy atom. The van der Waals surface area contributed by atoms with Crippen molar-refractivity contribution in [2.24, 2.45) is 14.1 Å². The number of hydrogen-bond donors (Lipinski definition) is 0. The summed E-state index contributed by atoms with van der Waals surface area (Å²) in [6, 6.07) is 20.5. The molecule has 0 spiro atoms. The Labute approximate surface area is 221 Å². The summed E-state index contributed by atoms with van der Waals surface area (Å²) in [7, 11) is 4.19. The van der Waals surface area contributed by atoms with Gasteiger partial charge in [0.25, 0.3) is 0 Å². The van der Waals surface area contributed by atoms with E-state index in [9.17, 15) is 0 Å². The normalized spacial score (nSPS) is 12.0. The maximum Gasteiger partial charge on any atom is 0.249 e. The van der Waals surface area contributed by atoms with Gasteiger partial charge < -0.3 is 0 Å². The topological polar surface area (TPSA) is 17.6 Å². The van der Waals surface area contributed by atoms with Crippen molar-refractivity contribution in [2.75, 3.05) is 0 Å². The van der Waals surface area contributed by atoms with Crippen LogP contribution in [0.1, 0.15) is 76.0 Å². The highest BCUT2D eigenvalue weighted by molar-refractivity contribution is 5.79. The number of benzene rings is 3. The lowest BCUT2D eigenvalue weighted by molar-refractivity contribution is -0.670. The van der Waals surface area contributed by atoms with Gasteiger partial charge in [-0.3, -0.25) is 0 Å². The molecule has 0 amide bonds. The number of fused-ring (bicyclic) bond motifs is 1. The van der Waals surface area contributed by atoms with Crippen molar-refractivity contribution in [1.82, 2.24) is 9.13 Å². The molecule has 0 radical (unpaired) electrons. The molecule has 4 nitrogen and oxygen atoms in total. The second kappa shape index (κ2) is 9.66. The Morgan fingerprint density at radius 3 is 1.95 bits per heavy atom. The molecule has 0 fully saturated rings. The SMILES string of the molecule is CC(C)c1cc(C(C)C)c(-c2cc(-n3cc[n+](C)c3)cc(-n3c[n+](C)c4ccccc43)c2)c(C(C)C)c1. The lowest BCUT2D eigenvalue weighted by Gasteiger charge is -2.23. The molecular formula is C33H40N4+2. The third kappa shape index (κ3) is 4.61. The third-order valence-electron chi connectivity index (χ3n) is 7.48. The molecule has 190 valence electrons. The molecule has 0 bridgehead atoms. The van der Waals surface area contributed by atoms with E-state index in [4.69, 9.17) is 0 Å². The van der Waals surface area contributed by atoms with Gasteiger partial charge in [-0.05, 0) is 69.8 Å². The van der Waals surface area contributed by atoms with Gasteiger partial charge in [0, 0.05) is 6.07 Å². The Kier molecular flexibility index (Phi) is 6.53. The molecule has 0 unspecified atom stereocenters. The third-order valence-corrected chi connectivity index (χ3v) is 7.48. The van der Waals surface area contributed by atoms with Gasteiger partial charge in [0.15, 0.2) is 11.0 Å². The van der Waals surface area contributed by atoms with E-state index in [-0.39, 0.29) is 0 Å². The van der Waals surface area contributed by atoms with E-state index in [1.54, 1.807) is 0 Å². The molecule has 0 saturated carbocycles. The van der Waals surface area contributed by atoms with Gasteiger partial charge in [-0.1, -0.05) is 65.8 Å². The van der Waals surface area contributed by atoms with Crippen LogP contribution in [0, 0.1) is 0 Å². The molecule has 0 atom stereocenters. The lowest BCUT2D eigenvalue weighted by Crippen LogP contribution is -2.25. The summed E-state index contributed by atoms with van der Waals surface area (Å²) >= 11 is 0. The fraction of sp³-hybridized carbons (Fsp3) is 0.333. The van der Waals surface area contributed by atoms with Crippen LogP contribution in [0.25, 0.3) is 33.5 Å². The highest BCUT2D eigenvalue weighted by Gasteiger charge is 2.23. The van der Waals surface area contributed by atoms with Crippen molar-refractivity contribution in [1.29, 1.82) is 0 Å². The maximum absolute atomic E-state index is 2.45. The molecule has 2 aromatic heterocycles. The van der Waals surface area contributed by atoms with Crippen molar-refractivity contribution >= 4 is 11.0 Å². The Bertz CT molecular complexity index is 1550. The molecule has 2 heterocycles. The van der Waals surface area contributed by atoms with Crippen molar-refractivity contribution in [3.05, 3.63) is 96.3 Å². The van der Waals surface area contributed by atoms with Gasteiger partial charge in [0.1, 0.15) is 23.8 Å². The summed E-state index contributed by atoms with van der Waals surface area (Å²) in [5.74, 6) is 1.35. The molecule has 4 heteroatoms. The van der Waals surface area contributed by atoms with E-state index in [1.807, 2.05) is 0 Å². The standard InChI is InChI=1S/C33H40N4/c1-22(2)25-17-29(23(3)4)33(30(18-25)24(5)6)26-15-27(36-14-13-34(7)20-36)19-28(16-26)37-21-35(8)31-11-9-10-12-32(31)37/h9-24H,1-8H3/q+2. The summed E-state index contributed by atoms with van der Waals surface area (Å²) in [6.07, 6.45) is 8.54. The van der Waals surface area contributed by atoms with Gasteiger partial charge in [-0.15, -0.1) is 0 Å². The number of nitrogens with zero attached hydrogens (tertiary/aromatic N) is 4. The molecule has 0 aliphatic rings. The number of imidazole rings is 2. The molecule has 37 heavy (non-hydrogen) atoms. The van der Waals surface area contributed by atoms with Gasteiger partial charge in [0.05, 0.1) is 14.1 Å². The fourth-order valence-corrected chi connectivity index (χ4v) is 5.39. The zero-order valence-corrected chi connectivity index (χ0v) is 23.5. The molecule has 0 saturated heterocycles. The van der Waals surface area contributed by atoms with Crippen molar-refractivity contribution in [3.8, 4) is 22.5 Å². The summed E-state index contributed by atoms with van der Waals surface area (Å²) in [4.78, 5) is 0. The predicted octanol–water partition coefficient (Wildman–Crippen LogP) is 7.11. The van der Waals surface area contributed by atoms with Crippen LogP contribution in [0.3, 0.4) is 0 Å². The monoisotopic (exact) mass is 492 g/mol. The quantitative estimate of drug-likeness (QED) is 0.225. The van der Waals surface area contributed by atoms with Gasteiger partial charge in [0.2, 0.25) is 12.7 Å². The molecule has 0 N–H and O–H groups in total. The minimum atomic E-state index is 0.424. The average Bonchev–Trinajstić information content (AvgIpc) is 3.46. The molecule has 0 aliphatic carbocycles. The first kappa shape index (κ1) is 25.0. The molecule has 5 aromatic rings. The van der Waals surface area contributed by atoms with Gasteiger partial charge in [-0.25, -0.2) is 13.7 Å². The highest BCUT2D eigenvalue weighted by atomic mass is 15.1. The number of aromatic nitrogens is 4. The van der Waals surface area contributed by atoms with Crippen molar-refractivity contribution in [3.63, 3.8) is 0 Å². The minimum absolute atomic E-state index is 0.424. The second-order valence-electron chi connectivity index (χ2n) is 11.3. The second-order valence-corrected chi connectivity index (χ2v) is 11.3.